The number of ether oxygens (including phenoxy) is 1. The number of hydrogen-bond donors (Lipinski definition) is 3. The van der Waals surface area contributed by atoms with Crippen molar-refractivity contribution in [3.8, 4) is 5.88 Å². The second-order valence-electron chi connectivity index (χ2n) is 9.88. The van der Waals surface area contributed by atoms with Crippen LogP contribution in [0.4, 0.5) is 28.9 Å². The Labute approximate surface area is 228 Å². The Bertz CT molecular complexity index is 1410. The third-order valence-electron chi connectivity index (χ3n) is 5.53. The first-order valence-electron chi connectivity index (χ1n) is 12.1. The minimum atomic E-state index is -2.85. The van der Waals surface area contributed by atoms with Crippen molar-refractivity contribution in [3.63, 3.8) is 0 Å². The minimum Gasteiger partial charge on any atom is -0.471 e. The summed E-state index contributed by atoms with van der Waals surface area (Å²) in [5, 5.41) is 7.36. The number of halogens is 4. The van der Waals surface area contributed by atoms with E-state index in [1.807, 2.05) is 6.92 Å². The molecule has 0 atom stereocenters. The minimum absolute atomic E-state index is 0.129. The number of nitrogens with one attached hydrogen (secondary N) is 3. The zero-order valence-corrected chi connectivity index (χ0v) is 22.2. The summed E-state index contributed by atoms with van der Waals surface area (Å²) in [6.45, 7) is 5.50. The van der Waals surface area contributed by atoms with Crippen molar-refractivity contribution in [1.82, 2.24) is 10.3 Å². The average Bonchev–Trinajstić information content (AvgIpc) is 2.88. The average molecular weight is 561 g/mol. The quantitative estimate of drug-likeness (QED) is 0.301. The Balaban J connectivity index is 1.87. The Morgan fingerprint density at radius 2 is 1.60 bits per heavy atom. The van der Waals surface area contributed by atoms with E-state index in [2.05, 4.69) is 20.9 Å². The predicted molar refractivity (Wildman–Crippen MR) is 140 cm³/mol. The van der Waals surface area contributed by atoms with E-state index < -0.39 is 53.3 Å². The topological polar surface area (TPSA) is 109 Å². The van der Waals surface area contributed by atoms with Crippen LogP contribution in [-0.2, 0) is 11.3 Å². The number of alkyl halides is 2. The highest BCUT2D eigenvalue weighted by molar-refractivity contribution is 6.08. The lowest BCUT2D eigenvalue weighted by molar-refractivity contribution is -0.128. The molecule has 40 heavy (non-hydrogen) atoms. The molecule has 0 bridgehead atoms. The van der Waals surface area contributed by atoms with Crippen LogP contribution in [0.2, 0.25) is 0 Å². The SMILES string of the molecule is Cc1ccc(NC(=O)c2cc(NC(=O)c3c(F)ccc(CNC(=O)C(C)(C)C)c3F)cnc2OCC(F)F)cc1. The van der Waals surface area contributed by atoms with E-state index in [1.165, 1.54) is 0 Å². The first-order chi connectivity index (χ1) is 18.8. The molecule has 1 aromatic heterocycles. The number of anilines is 2. The van der Waals surface area contributed by atoms with E-state index >= 15 is 4.39 Å². The molecular weight excluding hydrogens is 532 g/mol. The molecule has 0 aliphatic rings. The maximum Gasteiger partial charge on any atom is 0.272 e. The molecule has 0 saturated carbocycles. The molecule has 212 valence electrons. The summed E-state index contributed by atoms with van der Waals surface area (Å²) < 4.78 is 60.1. The zero-order chi connectivity index (χ0) is 29.6. The zero-order valence-electron chi connectivity index (χ0n) is 22.2. The van der Waals surface area contributed by atoms with Gasteiger partial charge >= 0.3 is 0 Å². The normalized spacial score (nSPS) is 11.2. The van der Waals surface area contributed by atoms with E-state index in [0.29, 0.717) is 5.69 Å². The number of rotatable bonds is 9. The highest BCUT2D eigenvalue weighted by atomic mass is 19.3. The van der Waals surface area contributed by atoms with Gasteiger partial charge in [-0.15, -0.1) is 0 Å². The number of pyridine rings is 1. The Morgan fingerprint density at radius 3 is 2.23 bits per heavy atom. The predicted octanol–water partition coefficient (Wildman–Crippen LogP) is 5.48. The van der Waals surface area contributed by atoms with Gasteiger partial charge in [-0.2, -0.15) is 0 Å². The fourth-order valence-electron chi connectivity index (χ4n) is 3.35. The van der Waals surface area contributed by atoms with Crippen LogP contribution in [0.5, 0.6) is 5.88 Å². The third-order valence-corrected chi connectivity index (χ3v) is 5.53. The van der Waals surface area contributed by atoms with Gasteiger partial charge in [0, 0.05) is 23.2 Å². The van der Waals surface area contributed by atoms with E-state index in [-0.39, 0.29) is 29.3 Å². The van der Waals surface area contributed by atoms with Crippen LogP contribution in [0.1, 0.15) is 52.6 Å². The van der Waals surface area contributed by atoms with Crippen molar-refractivity contribution < 1.29 is 36.7 Å². The second kappa shape index (κ2) is 12.6. The molecular formula is C28H28F4N4O4. The van der Waals surface area contributed by atoms with Gasteiger partial charge in [-0.05, 0) is 31.2 Å². The van der Waals surface area contributed by atoms with Gasteiger partial charge in [0.15, 0.2) is 6.61 Å². The number of carbonyl (C=O) groups excluding carboxylic acids is 3. The van der Waals surface area contributed by atoms with Crippen LogP contribution in [-0.4, -0.2) is 35.7 Å². The molecule has 0 unspecified atom stereocenters. The molecule has 0 spiro atoms. The lowest BCUT2D eigenvalue weighted by atomic mass is 9.95. The number of hydrogen-bond acceptors (Lipinski definition) is 5. The van der Waals surface area contributed by atoms with Gasteiger partial charge in [0.25, 0.3) is 18.2 Å². The van der Waals surface area contributed by atoms with Crippen molar-refractivity contribution in [1.29, 1.82) is 0 Å². The van der Waals surface area contributed by atoms with Gasteiger partial charge in [-0.1, -0.05) is 44.5 Å². The molecule has 0 aliphatic carbocycles. The summed E-state index contributed by atoms with van der Waals surface area (Å²) in [6, 6.07) is 9.79. The molecule has 0 saturated heterocycles. The molecule has 3 amide bonds. The molecule has 0 aliphatic heterocycles. The Kier molecular flexibility index (Phi) is 9.46. The van der Waals surface area contributed by atoms with Crippen molar-refractivity contribution in [2.45, 2.75) is 40.7 Å². The monoisotopic (exact) mass is 560 g/mol. The molecule has 1 heterocycles. The van der Waals surface area contributed by atoms with Crippen LogP contribution >= 0.6 is 0 Å². The van der Waals surface area contributed by atoms with Gasteiger partial charge in [-0.3, -0.25) is 14.4 Å². The summed E-state index contributed by atoms with van der Waals surface area (Å²) in [5.74, 6) is -5.15. The summed E-state index contributed by atoms with van der Waals surface area (Å²) in [6.07, 6.45) is -1.86. The molecule has 3 N–H and O–H groups in total. The van der Waals surface area contributed by atoms with Gasteiger partial charge in [0.1, 0.15) is 22.8 Å². The van der Waals surface area contributed by atoms with E-state index in [4.69, 9.17) is 4.74 Å². The number of aryl methyl sites for hydroxylation is 1. The highest BCUT2D eigenvalue weighted by Gasteiger charge is 2.25. The van der Waals surface area contributed by atoms with Crippen LogP contribution in [0, 0.1) is 24.0 Å². The molecule has 0 radical (unpaired) electrons. The summed E-state index contributed by atoms with van der Waals surface area (Å²) in [5.41, 5.74) is -0.942. The standard InChI is InChI=1S/C28H28F4N4O4/c1-15-5-8-17(9-6-15)35-24(37)19-11-18(13-33-26(19)40-14-21(30)31)36-25(38)22-20(29)10-7-16(23(22)32)12-34-27(39)28(2,3)4/h5-11,13,21H,12,14H2,1-4H3,(H,34,39)(H,35,37)(H,36,38). The lowest BCUT2D eigenvalue weighted by Crippen LogP contribution is -2.34. The van der Waals surface area contributed by atoms with Crippen molar-refractivity contribution in [2.75, 3.05) is 17.2 Å². The van der Waals surface area contributed by atoms with Crippen LogP contribution < -0.4 is 20.7 Å². The van der Waals surface area contributed by atoms with Gasteiger partial charge in [-0.25, -0.2) is 22.5 Å². The molecule has 0 fully saturated rings. The number of benzene rings is 2. The molecule has 3 rings (SSSR count). The Hall–Kier alpha value is -4.48. The molecule has 12 heteroatoms. The summed E-state index contributed by atoms with van der Waals surface area (Å²) in [4.78, 5) is 41.8. The number of aromatic nitrogens is 1. The van der Waals surface area contributed by atoms with Crippen LogP contribution in [0.25, 0.3) is 0 Å². The Morgan fingerprint density at radius 1 is 0.950 bits per heavy atom. The van der Waals surface area contributed by atoms with Crippen molar-refractivity contribution in [2.24, 2.45) is 5.41 Å². The molecule has 2 aromatic carbocycles. The van der Waals surface area contributed by atoms with Crippen LogP contribution in [0.15, 0.2) is 48.7 Å². The molecule has 8 nitrogen and oxygen atoms in total. The highest BCUT2D eigenvalue weighted by Crippen LogP contribution is 2.24. The number of amides is 3. The molecule has 3 aromatic rings. The first-order valence-corrected chi connectivity index (χ1v) is 12.1. The van der Waals surface area contributed by atoms with Gasteiger partial charge in [0.05, 0.1) is 11.9 Å². The van der Waals surface area contributed by atoms with Crippen molar-refractivity contribution >= 4 is 29.1 Å². The maximum atomic E-state index is 15.1. The lowest BCUT2D eigenvalue weighted by Gasteiger charge is -2.18. The van der Waals surface area contributed by atoms with E-state index in [1.54, 1.807) is 45.0 Å². The van der Waals surface area contributed by atoms with Crippen molar-refractivity contribution in [3.05, 3.63) is 82.5 Å². The van der Waals surface area contributed by atoms with E-state index in [9.17, 15) is 27.6 Å². The van der Waals surface area contributed by atoms with Gasteiger partial charge in [0.2, 0.25) is 11.8 Å². The second-order valence-corrected chi connectivity index (χ2v) is 9.88. The van der Waals surface area contributed by atoms with E-state index in [0.717, 1.165) is 30.0 Å². The van der Waals surface area contributed by atoms with Gasteiger partial charge < -0.3 is 20.7 Å². The van der Waals surface area contributed by atoms with Crippen LogP contribution in [0.3, 0.4) is 0 Å². The number of carbonyl (C=O) groups is 3. The maximum absolute atomic E-state index is 15.1. The number of nitrogens with zero attached hydrogens (tertiary/aromatic N) is 1. The largest absolute Gasteiger partial charge is 0.471 e. The fourth-order valence-corrected chi connectivity index (χ4v) is 3.35. The smallest absolute Gasteiger partial charge is 0.272 e. The first kappa shape index (κ1) is 30.1. The third kappa shape index (κ3) is 7.78. The fraction of sp³-hybridized carbons (Fsp3) is 0.286. The summed E-state index contributed by atoms with van der Waals surface area (Å²) in [7, 11) is 0. The summed E-state index contributed by atoms with van der Waals surface area (Å²) >= 11 is 0.